The molecule has 0 spiro atoms. The minimum atomic E-state index is -0.416. The Bertz CT molecular complexity index is 684. The number of carbonyl (C=O) groups is 1. The zero-order valence-electron chi connectivity index (χ0n) is 8.81. The highest BCUT2D eigenvalue weighted by atomic mass is 32.1. The standard InChI is InChI=1S/C12H9N3OS/c13-12(16)11-9(7-3-1-2-5-14-7)10-8(17-11)4-6-15-10/h1-6,15H,(H2,13,16). The topological polar surface area (TPSA) is 71.8 Å². The van der Waals surface area contributed by atoms with Gasteiger partial charge in [-0.1, -0.05) is 6.07 Å². The minimum Gasteiger partial charge on any atom is -0.365 e. The van der Waals surface area contributed by atoms with E-state index in [9.17, 15) is 4.79 Å². The predicted octanol–water partition coefficient (Wildman–Crippen LogP) is 2.39. The molecule has 0 aliphatic heterocycles. The third-order valence-corrected chi connectivity index (χ3v) is 3.71. The predicted molar refractivity (Wildman–Crippen MR) is 67.9 cm³/mol. The van der Waals surface area contributed by atoms with Crippen LogP contribution in [0.25, 0.3) is 21.5 Å². The van der Waals surface area contributed by atoms with Crippen molar-refractivity contribution >= 4 is 27.5 Å². The molecule has 4 nitrogen and oxygen atoms in total. The van der Waals surface area contributed by atoms with Crippen LogP contribution >= 0.6 is 11.3 Å². The second-order valence-electron chi connectivity index (χ2n) is 3.60. The third-order valence-electron chi connectivity index (χ3n) is 2.54. The summed E-state index contributed by atoms with van der Waals surface area (Å²) in [5.41, 5.74) is 7.88. The van der Waals surface area contributed by atoms with Crippen LogP contribution in [0.5, 0.6) is 0 Å². The van der Waals surface area contributed by atoms with Gasteiger partial charge in [-0.05, 0) is 18.2 Å². The number of thiophene rings is 1. The van der Waals surface area contributed by atoms with Crippen molar-refractivity contribution in [1.29, 1.82) is 0 Å². The van der Waals surface area contributed by atoms with Crippen LogP contribution in [0.1, 0.15) is 9.67 Å². The first-order valence-electron chi connectivity index (χ1n) is 5.08. The Labute approximate surface area is 101 Å². The van der Waals surface area contributed by atoms with Crippen molar-refractivity contribution in [1.82, 2.24) is 9.97 Å². The molecule has 17 heavy (non-hydrogen) atoms. The number of rotatable bonds is 2. The summed E-state index contributed by atoms with van der Waals surface area (Å²) in [5, 5.41) is 0. The fraction of sp³-hybridized carbons (Fsp3) is 0. The van der Waals surface area contributed by atoms with E-state index < -0.39 is 5.91 Å². The number of fused-ring (bicyclic) bond motifs is 1. The summed E-state index contributed by atoms with van der Waals surface area (Å²) < 4.78 is 1.01. The highest BCUT2D eigenvalue weighted by molar-refractivity contribution is 7.21. The van der Waals surface area contributed by atoms with Crippen LogP contribution in [0.2, 0.25) is 0 Å². The molecule has 0 aliphatic rings. The molecule has 0 saturated heterocycles. The molecule has 3 heterocycles. The van der Waals surface area contributed by atoms with Crippen LogP contribution in [-0.2, 0) is 0 Å². The fourth-order valence-corrected chi connectivity index (χ4v) is 2.87. The van der Waals surface area contributed by atoms with E-state index in [1.165, 1.54) is 11.3 Å². The van der Waals surface area contributed by atoms with Crippen LogP contribution in [0, 0.1) is 0 Å². The van der Waals surface area contributed by atoms with Crippen LogP contribution in [0.15, 0.2) is 36.7 Å². The summed E-state index contributed by atoms with van der Waals surface area (Å²) in [5.74, 6) is -0.416. The highest BCUT2D eigenvalue weighted by Crippen LogP contribution is 2.36. The Morgan fingerprint density at radius 3 is 2.94 bits per heavy atom. The Kier molecular flexibility index (Phi) is 2.19. The van der Waals surface area contributed by atoms with E-state index in [1.54, 1.807) is 6.20 Å². The Morgan fingerprint density at radius 1 is 1.35 bits per heavy atom. The highest BCUT2D eigenvalue weighted by Gasteiger charge is 2.19. The third kappa shape index (κ3) is 1.52. The number of H-pyrrole nitrogens is 1. The number of carbonyl (C=O) groups excluding carboxylic acids is 1. The average molecular weight is 243 g/mol. The van der Waals surface area contributed by atoms with E-state index in [0.29, 0.717) is 4.88 Å². The molecule has 3 rings (SSSR count). The number of hydrogen-bond donors (Lipinski definition) is 2. The molecule has 0 aliphatic carbocycles. The molecule has 0 unspecified atom stereocenters. The van der Waals surface area contributed by atoms with Gasteiger partial charge < -0.3 is 10.7 Å². The number of aromatic amines is 1. The van der Waals surface area contributed by atoms with Crippen molar-refractivity contribution in [2.45, 2.75) is 0 Å². The number of amides is 1. The van der Waals surface area contributed by atoms with Gasteiger partial charge in [0.25, 0.3) is 5.91 Å². The number of pyridine rings is 1. The van der Waals surface area contributed by atoms with E-state index >= 15 is 0 Å². The maximum Gasteiger partial charge on any atom is 0.259 e. The number of nitrogens with zero attached hydrogens (tertiary/aromatic N) is 1. The van der Waals surface area contributed by atoms with Crippen LogP contribution < -0.4 is 5.73 Å². The molecule has 3 aromatic heterocycles. The van der Waals surface area contributed by atoms with Gasteiger partial charge >= 0.3 is 0 Å². The second-order valence-corrected chi connectivity index (χ2v) is 4.65. The number of hydrogen-bond acceptors (Lipinski definition) is 3. The molecule has 0 bridgehead atoms. The largest absolute Gasteiger partial charge is 0.365 e. The van der Waals surface area contributed by atoms with E-state index in [2.05, 4.69) is 9.97 Å². The molecule has 0 fully saturated rings. The molecule has 3 N–H and O–H groups in total. The van der Waals surface area contributed by atoms with Gasteiger partial charge in [0.1, 0.15) is 4.88 Å². The van der Waals surface area contributed by atoms with E-state index in [4.69, 9.17) is 5.73 Å². The molecule has 0 radical (unpaired) electrons. The van der Waals surface area contributed by atoms with Gasteiger partial charge in [-0.25, -0.2) is 0 Å². The van der Waals surface area contributed by atoms with Gasteiger partial charge in [-0.2, -0.15) is 0 Å². The van der Waals surface area contributed by atoms with E-state index in [0.717, 1.165) is 21.5 Å². The SMILES string of the molecule is NC(=O)c1sc2cc[nH]c2c1-c1ccccn1. The summed E-state index contributed by atoms with van der Waals surface area (Å²) in [6.45, 7) is 0. The average Bonchev–Trinajstić information content (AvgIpc) is 2.89. The van der Waals surface area contributed by atoms with E-state index in [-0.39, 0.29) is 0 Å². The fourth-order valence-electron chi connectivity index (χ4n) is 1.84. The first kappa shape index (κ1) is 10.0. The molecule has 3 aromatic rings. The van der Waals surface area contributed by atoms with Crippen LogP contribution in [0.4, 0.5) is 0 Å². The lowest BCUT2D eigenvalue weighted by Crippen LogP contribution is -2.10. The first-order chi connectivity index (χ1) is 8.27. The number of primary amides is 1. The minimum absolute atomic E-state index is 0.416. The maximum atomic E-state index is 11.5. The smallest absolute Gasteiger partial charge is 0.259 e. The molecule has 0 atom stereocenters. The lowest BCUT2D eigenvalue weighted by atomic mass is 10.1. The molecular weight excluding hydrogens is 234 g/mol. The molecule has 0 aromatic carbocycles. The van der Waals surface area contributed by atoms with Crippen molar-refractivity contribution in [3.05, 3.63) is 41.5 Å². The summed E-state index contributed by atoms with van der Waals surface area (Å²) >= 11 is 1.39. The lowest BCUT2D eigenvalue weighted by molar-refractivity contribution is 0.100. The summed E-state index contributed by atoms with van der Waals surface area (Å²) in [6.07, 6.45) is 3.55. The zero-order valence-corrected chi connectivity index (χ0v) is 9.62. The molecule has 5 heteroatoms. The van der Waals surface area contributed by atoms with Crippen molar-refractivity contribution in [3.8, 4) is 11.3 Å². The zero-order chi connectivity index (χ0) is 11.8. The first-order valence-corrected chi connectivity index (χ1v) is 5.90. The second kappa shape index (κ2) is 3.71. The Morgan fingerprint density at radius 2 is 2.24 bits per heavy atom. The quantitative estimate of drug-likeness (QED) is 0.725. The number of nitrogens with one attached hydrogen (secondary N) is 1. The van der Waals surface area contributed by atoms with Crippen molar-refractivity contribution in [2.24, 2.45) is 5.73 Å². The van der Waals surface area contributed by atoms with Crippen molar-refractivity contribution in [2.75, 3.05) is 0 Å². The van der Waals surface area contributed by atoms with E-state index in [1.807, 2.05) is 30.5 Å². The number of aromatic nitrogens is 2. The number of nitrogens with two attached hydrogens (primary N) is 1. The molecule has 84 valence electrons. The van der Waals surface area contributed by atoms with Gasteiger partial charge in [0, 0.05) is 18.0 Å². The summed E-state index contributed by atoms with van der Waals surface area (Å²) in [4.78, 5) is 19.4. The van der Waals surface area contributed by atoms with Crippen LogP contribution in [0.3, 0.4) is 0 Å². The van der Waals surface area contributed by atoms with Gasteiger partial charge in [-0.3, -0.25) is 9.78 Å². The lowest BCUT2D eigenvalue weighted by Gasteiger charge is -2.00. The molecule has 1 amide bonds. The normalized spacial score (nSPS) is 10.8. The summed E-state index contributed by atoms with van der Waals surface area (Å²) in [7, 11) is 0. The molecular formula is C12H9N3OS. The van der Waals surface area contributed by atoms with Gasteiger partial charge in [-0.15, -0.1) is 11.3 Å². The molecule has 0 saturated carbocycles. The van der Waals surface area contributed by atoms with Crippen molar-refractivity contribution < 1.29 is 4.79 Å². The Hall–Kier alpha value is -2.14. The van der Waals surface area contributed by atoms with Gasteiger partial charge in [0.05, 0.1) is 15.9 Å². The maximum absolute atomic E-state index is 11.5. The summed E-state index contributed by atoms with van der Waals surface area (Å²) in [6, 6.07) is 7.53. The van der Waals surface area contributed by atoms with Crippen molar-refractivity contribution in [3.63, 3.8) is 0 Å². The van der Waals surface area contributed by atoms with Crippen LogP contribution in [-0.4, -0.2) is 15.9 Å². The van der Waals surface area contributed by atoms with Gasteiger partial charge in [0.15, 0.2) is 0 Å². The van der Waals surface area contributed by atoms with Gasteiger partial charge in [0.2, 0.25) is 0 Å². The Balaban J connectivity index is 2.36. The monoisotopic (exact) mass is 243 g/mol.